The molecule has 0 spiro atoms. The van der Waals surface area contributed by atoms with Crippen molar-refractivity contribution in [3.63, 3.8) is 0 Å². The molecule has 88 valence electrons. The molecule has 1 heterocycles. The van der Waals surface area contributed by atoms with E-state index in [4.69, 9.17) is 0 Å². The lowest BCUT2D eigenvalue weighted by molar-refractivity contribution is 0.414. The fraction of sp³-hybridized carbons (Fsp3) is 0.167. The van der Waals surface area contributed by atoms with Crippen LogP contribution in [0.3, 0.4) is 0 Å². The van der Waals surface area contributed by atoms with Gasteiger partial charge in [0.15, 0.2) is 5.88 Å². The lowest BCUT2D eigenvalue weighted by atomic mass is 10.2. The number of nitrogens with zero attached hydrogens (tertiary/aromatic N) is 2. The van der Waals surface area contributed by atoms with E-state index in [1.54, 1.807) is 12.1 Å². The lowest BCUT2D eigenvalue weighted by Crippen LogP contribution is -2.36. The zero-order valence-electron chi connectivity index (χ0n) is 9.54. The van der Waals surface area contributed by atoms with Gasteiger partial charge in [-0.05, 0) is 19.1 Å². The van der Waals surface area contributed by atoms with Crippen molar-refractivity contribution in [3.05, 3.63) is 56.7 Å². The van der Waals surface area contributed by atoms with E-state index in [9.17, 15) is 14.7 Å². The average Bonchev–Trinajstić information content (AvgIpc) is 2.29. The summed E-state index contributed by atoms with van der Waals surface area (Å²) in [7, 11) is 1.40. The predicted molar refractivity (Wildman–Crippen MR) is 63.7 cm³/mol. The molecule has 5 nitrogen and oxygen atoms in total. The Morgan fingerprint density at radius 2 is 1.71 bits per heavy atom. The highest BCUT2D eigenvalue weighted by Crippen LogP contribution is 2.06. The molecule has 0 bridgehead atoms. The van der Waals surface area contributed by atoms with Crippen LogP contribution in [0.5, 0.6) is 5.88 Å². The van der Waals surface area contributed by atoms with Crippen LogP contribution < -0.4 is 11.2 Å². The molecule has 5 heteroatoms. The molecule has 0 amide bonds. The maximum absolute atomic E-state index is 11.9. The molecule has 2 rings (SSSR count). The number of hydrogen-bond acceptors (Lipinski definition) is 3. The van der Waals surface area contributed by atoms with Crippen molar-refractivity contribution in [1.82, 2.24) is 9.13 Å². The Bertz CT molecular complexity index is 666. The van der Waals surface area contributed by atoms with Crippen LogP contribution in [0.2, 0.25) is 0 Å². The SMILES string of the molecule is Cc1ccc(-n2c(=O)cc(O)n(C)c2=O)cc1. The molecule has 0 atom stereocenters. The summed E-state index contributed by atoms with van der Waals surface area (Å²) >= 11 is 0. The molecule has 1 aromatic carbocycles. The minimum atomic E-state index is -0.571. The topological polar surface area (TPSA) is 64.2 Å². The van der Waals surface area contributed by atoms with Crippen molar-refractivity contribution >= 4 is 0 Å². The van der Waals surface area contributed by atoms with E-state index in [2.05, 4.69) is 0 Å². The Kier molecular flexibility index (Phi) is 2.59. The van der Waals surface area contributed by atoms with Gasteiger partial charge in [-0.1, -0.05) is 17.7 Å². The molecule has 17 heavy (non-hydrogen) atoms. The van der Waals surface area contributed by atoms with Crippen molar-refractivity contribution in [3.8, 4) is 11.6 Å². The van der Waals surface area contributed by atoms with E-state index in [1.165, 1.54) is 7.05 Å². The Hall–Kier alpha value is -2.30. The third kappa shape index (κ3) is 1.87. The summed E-state index contributed by atoms with van der Waals surface area (Å²) in [5.41, 5.74) is 0.409. The number of hydrogen-bond donors (Lipinski definition) is 1. The number of benzene rings is 1. The zero-order valence-corrected chi connectivity index (χ0v) is 9.54. The third-order valence-electron chi connectivity index (χ3n) is 2.59. The van der Waals surface area contributed by atoms with E-state index in [0.29, 0.717) is 5.69 Å². The molecule has 0 fully saturated rings. The van der Waals surface area contributed by atoms with Crippen LogP contribution in [0.25, 0.3) is 5.69 Å². The van der Waals surface area contributed by atoms with Gasteiger partial charge < -0.3 is 5.11 Å². The normalized spacial score (nSPS) is 10.5. The van der Waals surface area contributed by atoms with Gasteiger partial charge in [0.2, 0.25) is 0 Å². The minimum Gasteiger partial charge on any atom is -0.494 e. The second-order valence-corrected chi connectivity index (χ2v) is 3.85. The Balaban J connectivity index is 2.77. The average molecular weight is 232 g/mol. The number of aromatic hydroxyl groups is 1. The standard InChI is InChI=1S/C12H12N2O3/c1-8-3-5-9(6-4-8)14-11(16)7-10(15)13(2)12(14)17/h3-7,15H,1-2H3. The van der Waals surface area contributed by atoms with Crippen LogP contribution in [0.15, 0.2) is 39.9 Å². The number of aryl methyl sites for hydroxylation is 1. The van der Waals surface area contributed by atoms with E-state index >= 15 is 0 Å². The second-order valence-electron chi connectivity index (χ2n) is 3.85. The van der Waals surface area contributed by atoms with Crippen molar-refractivity contribution in [1.29, 1.82) is 0 Å². The van der Waals surface area contributed by atoms with Crippen molar-refractivity contribution in [2.45, 2.75) is 6.92 Å². The summed E-state index contributed by atoms with van der Waals surface area (Å²) in [6.45, 7) is 1.92. The van der Waals surface area contributed by atoms with Crippen LogP contribution in [0, 0.1) is 6.92 Å². The van der Waals surface area contributed by atoms with Crippen molar-refractivity contribution in [2.75, 3.05) is 0 Å². The lowest BCUT2D eigenvalue weighted by Gasteiger charge is -2.08. The fourth-order valence-corrected chi connectivity index (χ4v) is 1.55. The van der Waals surface area contributed by atoms with Gasteiger partial charge in [-0.25, -0.2) is 9.36 Å². The Morgan fingerprint density at radius 1 is 1.12 bits per heavy atom. The van der Waals surface area contributed by atoms with E-state index in [-0.39, 0.29) is 5.88 Å². The predicted octanol–water partition coefficient (Wildman–Crippen LogP) is 0.550. The molecule has 1 aromatic heterocycles. The van der Waals surface area contributed by atoms with E-state index in [0.717, 1.165) is 20.8 Å². The van der Waals surface area contributed by atoms with Crippen LogP contribution >= 0.6 is 0 Å². The molecule has 0 saturated carbocycles. The first-order valence-corrected chi connectivity index (χ1v) is 5.10. The van der Waals surface area contributed by atoms with Gasteiger partial charge in [0.1, 0.15) is 0 Å². The maximum Gasteiger partial charge on any atom is 0.338 e. The molecular formula is C12H12N2O3. The first-order valence-electron chi connectivity index (χ1n) is 5.10. The largest absolute Gasteiger partial charge is 0.494 e. The maximum atomic E-state index is 11.9. The first kappa shape index (κ1) is 11.2. The number of aromatic nitrogens is 2. The molecule has 1 N–H and O–H groups in total. The zero-order chi connectivity index (χ0) is 12.6. The smallest absolute Gasteiger partial charge is 0.338 e. The van der Waals surface area contributed by atoms with Gasteiger partial charge in [-0.15, -0.1) is 0 Å². The first-order chi connectivity index (χ1) is 8.00. The summed E-state index contributed by atoms with van der Waals surface area (Å²) in [5.74, 6) is -0.344. The van der Waals surface area contributed by atoms with Gasteiger partial charge in [0, 0.05) is 7.05 Å². The molecule has 0 radical (unpaired) electrons. The van der Waals surface area contributed by atoms with Crippen molar-refractivity contribution in [2.24, 2.45) is 7.05 Å². The van der Waals surface area contributed by atoms with E-state index in [1.807, 2.05) is 19.1 Å². The molecule has 2 aromatic rings. The summed E-state index contributed by atoms with van der Waals surface area (Å²) in [5, 5.41) is 9.35. The summed E-state index contributed by atoms with van der Waals surface area (Å²) in [6.07, 6.45) is 0. The summed E-state index contributed by atoms with van der Waals surface area (Å²) in [6, 6.07) is 8.02. The highest BCUT2D eigenvalue weighted by atomic mass is 16.3. The van der Waals surface area contributed by atoms with E-state index < -0.39 is 11.2 Å². The Morgan fingerprint density at radius 3 is 2.29 bits per heavy atom. The molecule has 0 aliphatic carbocycles. The second kappa shape index (κ2) is 3.93. The van der Waals surface area contributed by atoms with Crippen LogP contribution in [0.4, 0.5) is 0 Å². The van der Waals surface area contributed by atoms with Crippen LogP contribution in [0.1, 0.15) is 5.56 Å². The minimum absolute atomic E-state index is 0.344. The highest BCUT2D eigenvalue weighted by Gasteiger charge is 2.08. The Labute approximate surface area is 97.2 Å². The third-order valence-corrected chi connectivity index (χ3v) is 2.59. The molecule has 0 aliphatic heterocycles. The van der Waals surface area contributed by atoms with Gasteiger partial charge in [0.25, 0.3) is 5.56 Å². The monoisotopic (exact) mass is 232 g/mol. The van der Waals surface area contributed by atoms with Crippen LogP contribution in [-0.2, 0) is 7.05 Å². The molecule has 0 aliphatic rings. The molecular weight excluding hydrogens is 220 g/mol. The van der Waals surface area contributed by atoms with Crippen molar-refractivity contribution < 1.29 is 5.11 Å². The summed E-state index contributed by atoms with van der Waals surface area (Å²) < 4.78 is 2.03. The molecule has 0 saturated heterocycles. The van der Waals surface area contributed by atoms with Gasteiger partial charge in [-0.2, -0.15) is 0 Å². The fourth-order valence-electron chi connectivity index (χ4n) is 1.55. The van der Waals surface area contributed by atoms with Gasteiger partial charge in [0.05, 0.1) is 11.8 Å². The number of rotatable bonds is 1. The highest BCUT2D eigenvalue weighted by molar-refractivity contribution is 5.34. The summed E-state index contributed by atoms with van der Waals surface area (Å²) in [4.78, 5) is 23.5. The van der Waals surface area contributed by atoms with Crippen LogP contribution in [-0.4, -0.2) is 14.2 Å². The molecule has 0 unspecified atom stereocenters. The van der Waals surface area contributed by atoms with Gasteiger partial charge in [-0.3, -0.25) is 9.36 Å². The van der Waals surface area contributed by atoms with Gasteiger partial charge >= 0.3 is 5.69 Å². The quantitative estimate of drug-likeness (QED) is 0.781.